The zero-order valence-electron chi connectivity index (χ0n) is 9.35. The third-order valence-electron chi connectivity index (χ3n) is 3.49. The summed E-state index contributed by atoms with van der Waals surface area (Å²) in [4.78, 5) is 4.75. The normalized spacial score (nSPS) is 15.3. The minimum Gasteiger partial charge on any atom is -0.248 e. The van der Waals surface area contributed by atoms with Crippen LogP contribution in [-0.2, 0) is 6.42 Å². The predicted molar refractivity (Wildman–Crippen MR) is 71.8 cm³/mol. The van der Waals surface area contributed by atoms with Crippen LogP contribution in [0, 0.1) is 0 Å². The molecular weight excluding hydrogens is 206 g/mol. The van der Waals surface area contributed by atoms with Gasteiger partial charge in [0.1, 0.15) is 0 Å². The van der Waals surface area contributed by atoms with Crippen LogP contribution in [0.15, 0.2) is 42.5 Å². The average Bonchev–Trinajstić information content (AvgIpc) is 2.27. The van der Waals surface area contributed by atoms with Crippen molar-refractivity contribution in [1.82, 2.24) is 4.98 Å². The van der Waals surface area contributed by atoms with Gasteiger partial charge in [0.25, 0.3) is 0 Å². The van der Waals surface area contributed by atoms with Crippen molar-refractivity contribution in [2.45, 2.75) is 6.42 Å². The van der Waals surface area contributed by atoms with Gasteiger partial charge in [-0.1, -0.05) is 42.5 Å². The Balaban J connectivity index is 2.13. The first kappa shape index (κ1) is 8.94. The molecule has 2 aliphatic carbocycles. The van der Waals surface area contributed by atoms with Gasteiger partial charge in [-0.2, -0.15) is 0 Å². The lowest BCUT2D eigenvalue weighted by atomic mass is 9.83. The summed E-state index contributed by atoms with van der Waals surface area (Å²) in [5, 5.41) is 1.37. The predicted octanol–water partition coefficient (Wildman–Crippen LogP) is 3.74. The van der Waals surface area contributed by atoms with E-state index < -0.39 is 0 Å². The van der Waals surface area contributed by atoms with E-state index in [0.717, 1.165) is 17.6 Å². The monoisotopic (exact) mass is 217 g/mol. The number of fused-ring (bicyclic) bond motifs is 2. The van der Waals surface area contributed by atoms with Gasteiger partial charge in [-0.15, -0.1) is 0 Å². The standard InChI is InChI=1S/C16H11N/c1-2-4-8-14-12(7-3-1)13-10-11-6-5-9-15(17-14)16(11)13/h1-9H,10H2. The number of benzene rings is 1. The molecule has 2 aromatic rings. The summed E-state index contributed by atoms with van der Waals surface area (Å²) in [6.45, 7) is 0. The van der Waals surface area contributed by atoms with E-state index in [-0.39, 0.29) is 0 Å². The summed E-state index contributed by atoms with van der Waals surface area (Å²) in [7, 11) is 0. The van der Waals surface area contributed by atoms with Crippen LogP contribution in [0.3, 0.4) is 0 Å². The van der Waals surface area contributed by atoms with Gasteiger partial charge in [0.05, 0.1) is 11.2 Å². The van der Waals surface area contributed by atoms with E-state index in [9.17, 15) is 0 Å². The van der Waals surface area contributed by atoms with Gasteiger partial charge in [0.2, 0.25) is 0 Å². The first-order valence-corrected chi connectivity index (χ1v) is 5.89. The Bertz CT molecular complexity index is 718. The van der Waals surface area contributed by atoms with Gasteiger partial charge >= 0.3 is 0 Å². The minimum absolute atomic E-state index is 1.08. The van der Waals surface area contributed by atoms with E-state index in [1.807, 2.05) is 6.08 Å². The van der Waals surface area contributed by atoms with Gasteiger partial charge in [-0.05, 0) is 29.7 Å². The van der Waals surface area contributed by atoms with Gasteiger partial charge in [-0.3, -0.25) is 0 Å². The van der Waals surface area contributed by atoms with Crippen LogP contribution in [0.25, 0.3) is 23.1 Å². The second-order valence-electron chi connectivity index (χ2n) is 4.48. The van der Waals surface area contributed by atoms with E-state index in [2.05, 4.69) is 48.6 Å². The number of rotatable bonds is 0. The Morgan fingerprint density at radius 2 is 1.82 bits per heavy atom. The van der Waals surface area contributed by atoms with Crippen LogP contribution in [-0.4, -0.2) is 4.98 Å². The summed E-state index contributed by atoms with van der Waals surface area (Å²) in [6, 6.07) is 6.40. The molecule has 1 heterocycles. The molecule has 1 nitrogen and oxygen atoms in total. The molecule has 0 N–H and O–H groups in total. The Kier molecular flexibility index (Phi) is 1.67. The Morgan fingerprint density at radius 3 is 2.76 bits per heavy atom. The molecule has 2 aliphatic rings. The fourth-order valence-corrected chi connectivity index (χ4v) is 2.66. The molecule has 0 amide bonds. The molecule has 0 aliphatic heterocycles. The zero-order chi connectivity index (χ0) is 11.2. The van der Waals surface area contributed by atoms with Gasteiger partial charge in [-0.25, -0.2) is 4.98 Å². The van der Waals surface area contributed by atoms with E-state index in [4.69, 9.17) is 4.98 Å². The lowest BCUT2D eigenvalue weighted by molar-refractivity contribution is 1.12. The summed E-state index contributed by atoms with van der Waals surface area (Å²) in [5.74, 6) is 0. The van der Waals surface area contributed by atoms with Gasteiger partial charge < -0.3 is 0 Å². The van der Waals surface area contributed by atoms with E-state index >= 15 is 0 Å². The average molecular weight is 217 g/mol. The maximum absolute atomic E-state index is 4.75. The molecule has 0 saturated carbocycles. The Morgan fingerprint density at radius 1 is 0.941 bits per heavy atom. The molecule has 17 heavy (non-hydrogen) atoms. The van der Waals surface area contributed by atoms with Crippen molar-refractivity contribution < 1.29 is 0 Å². The highest BCUT2D eigenvalue weighted by atomic mass is 14.7. The third-order valence-corrected chi connectivity index (χ3v) is 3.49. The molecule has 80 valence electrons. The van der Waals surface area contributed by atoms with Gasteiger partial charge in [0, 0.05) is 10.9 Å². The smallest absolute Gasteiger partial charge is 0.0715 e. The highest BCUT2D eigenvalue weighted by Gasteiger charge is 2.22. The van der Waals surface area contributed by atoms with E-state index in [1.165, 1.54) is 22.1 Å². The zero-order valence-corrected chi connectivity index (χ0v) is 9.35. The largest absolute Gasteiger partial charge is 0.248 e. The quantitative estimate of drug-likeness (QED) is 0.559. The fourth-order valence-electron chi connectivity index (χ4n) is 2.66. The van der Waals surface area contributed by atoms with Crippen LogP contribution in [0.1, 0.15) is 22.4 Å². The molecule has 0 spiro atoms. The highest BCUT2D eigenvalue weighted by Crippen LogP contribution is 2.38. The van der Waals surface area contributed by atoms with E-state index in [0.29, 0.717) is 0 Å². The summed E-state index contributed by atoms with van der Waals surface area (Å²) < 4.78 is 0. The molecule has 1 heteroatoms. The van der Waals surface area contributed by atoms with Crippen LogP contribution in [0.5, 0.6) is 0 Å². The topological polar surface area (TPSA) is 12.9 Å². The molecule has 0 fully saturated rings. The van der Waals surface area contributed by atoms with Crippen LogP contribution in [0.4, 0.5) is 0 Å². The molecule has 4 rings (SSSR count). The summed E-state index contributed by atoms with van der Waals surface area (Å²) >= 11 is 0. The van der Waals surface area contributed by atoms with Crippen LogP contribution >= 0.6 is 0 Å². The maximum atomic E-state index is 4.75. The second kappa shape index (κ2) is 3.17. The van der Waals surface area contributed by atoms with Crippen LogP contribution < -0.4 is 0 Å². The lowest BCUT2D eigenvalue weighted by Gasteiger charge is -2.23. The SMILES string of the molecule is C1=CC=Cc2c(nc3cccc4c3c2C4)C=C1. The molecule has 0 unspecified atom stereocenters. The third kappa shape index (κ3) is 1.17. The number of aromatic nitrogens is 1. The molecule has 1 aromatic carbocycles. The van der Waals surface area contributed by atoms with Crippen LogP contribution in [0.2, 0.25) is 0 Å². The summed E-state index contributed by atoms with van der Waals surface area (Å²) in [6.07, 6.45) is 13.6. The Labute approximate surface area is 99.8 Å². The van der Waals surface area contributed by atoms with Crippen molar-refractivity contribution in [3.05, 3.63) is 64.9 Å². The van der Waals surface area contributed by atoms with Crippen molar-refractivity contribution in [1.29, 1.82) is 0 Å². The first-order valence-electron chi connectivity index (χ1n) is 5.89. The lowest BCUT2D eigenvalue weighted by Crippen LogP contribution is -2.09. The van der Waals surface area contributed by atoms with E-state index in [1.54, 1.807) is 0 Å². The number of hydrogen-bond acceptors (Lipinski definition) is 1. The van der Waals surface area contributed by atoms with Gasteiger partial charge in [0.15, 0.2) is 0 Å². The van der Waals surface area contributed by atoms with Crippen molar-refractivity contribution in [2.75, 3.05) is 0 Å². The molecule has 0 saturated heterocycles. The molecular formula is C16H11N. The Hall–Kier alpha value is -2.15. The molecule has 0 atom stereocenters. The molecule has 1 aromatic heterocycles. The van der Waals surface area contributed by atoms with Crippen molar-refractivity contribution in [2.24, 2.45) is 0 Å². The fraction of sp³-hybridized carbons (Fsp3) is 0.0625. The summed E-state index contributed by atoms with van der Waals surface area (Å²) in [5.41, 5.74) is 6.39. The molecule has 0 bridgehead atoms. The second-order valence-corrected chi connectivity index (χ2v) is 4.48. The number of allylic oxidation sites excluding steroid dienone is 4. The maximum Gasteiger partial charge on any atom is 0.0715 e. The highest BCUT2D eigenvalue weighted by molar-refractivity contribution is 5.96. The molecule has 0 radical (unpaired) electrons. The first-order chi connectivity index (χ1) is 8.43. The van der Waals surface area contributed by atoms with Crippen molar-refractivity contribution in [3.8, 4) is 0 Å². The van der Waals surface area contributed by atoms with Crippen molar-refractivity contribution >= 4 is 23.1 Å². The number of pyridine rings is 1. The number of hydrogen-bond donors (Lipinski definition) is 0. The van der Waals surface area contributed by atoms with Crippen molar-refractivity contribution in [3.63, 3.8) is 0 Å². The minimum atomic E-state index is 1.08. The number of nitrogens with zero attached hydrogens (tertiary/aromatic N) is 1.